The Hall–Kier alpha value is -2.94. The van der Waals surface area contributed by atoms with Gasteiger partial charge in [-0.15, -0.1) is 11.3 Å². The Kier molecular flexibility index (Phi) is 8.24. The lowest BCUT2D eigenvalue weighted by atomic mass is 10.3. The molecule has 0 fully saturated rings. The number of hydrogen-bond acceptors (Lipinski definition) is 8. The largest absolute Gasteiger partial charge is 0.493 e. The molecule has 2 rings (SSSR count). The van der Waals surface area contributed by atoms with Crippen LogP contribution in [0, 0.1) is 0 Å². The van der Waals surface area contributed by atoms with E-state index in [2.05, 4.69) is 10.3 Å². The zero-order valence-electron chi connectivity index (χ0n) is 14.8. The Bertz CT molecular complexity index is 762. The van der Waals surface area contributed by atoms with Crippen LogP contribution >= 0.6 is 11.3 Å². The van der Waals surface area contributed by atoms with Gasteiger partial charge < -0.3 is 14.2 Å². The van der Waals surface area contributed by atoms with Gasteiger partial charge in [0.2, 0.25) is 0 Å². The smallest absolute Gasteiger partial charge is 0.311 e. The maximum Gasteiger partial charge on any atom is 0.311 e. The molecule has 1 N–H and O–H groups in total. The number of benzene rings is 1. The molecule has 144 valence electrons. The van der Waals surface area contributed by atoms with E-state index in [1.54, 1.807) is 24.4 Å². The summed E-state index contributed by atoms with van der Waals surface area (Å²) in [5, 5.41) is 4.49. The fourth-order valence-electron chi connectivity index (χ4n) is 1.95. The second kappa shape index (κ2) is 10.9. The van der Waals surface area contributed by atoms with Crippen molar-refractivity contribution in [2.75, 3.05) is 25.1 Å². The van der Waals surface area contributed by atoms with E-state index in [4.69, 9.17) is 14.2 Å². The summed E-state index contributed by atoms with van der Waals surface area (Å²) in [5.74, 6) is -0.773. The van der Waals surface area contributed by atoms with Crippen molar-refractivity contribution in [3.8, 4) is 5.75 Å². The number of para-hydroxylation sites is 1. The van der Waals surface area contributed by atoms with E-state index in [0.717, 1.165) is 0 Å². The monoisotopic (exact) mass is 392 g/mol. The number of ether oxygens (including phenoxy) is 3. The molecule has 0 spiro atoms. The number of amides is 1. The number of aromatic nitrogens is 1. The first kappa shape index (κ1) is 20.4. The molecule has 1 aromatic carbocycles. The summed E-state index contributed by atoms with van der Waals surface area (Å²) in [6, 6.07) is 9.08. The molecular weight excluding hydrogens is 372 g/mol. The van der Waals surface area contributed by atoms with E-state index < -0.39 is 18.5 Å². The third-order valence-electron chi connectivity index (χ3n) is 3.11. The number of esters is 2. The third-order valence-corrected chi connectivity index (χ3v) is 3.92. The number of anilines is 1. The maximum absolute atomic E-state index is 11.8. The molecule has 9 heteroatoms. The van der Waals surface area contributed by atoms with E-state index in [1.807, 2.05) is 18.2 Å². The molecule has 0 unspecified atom stereocenters. The first-order valence-corrected chi connectivity index (χ1v) is 9.18. The van der Waals surface area contributed by atoms with Gasteiger partial charge in [0.25, 0.3) is 5.91 Å². The molecule has 1 aromatic heterocycles. The molecule has 0 saturated heterocycles. The van der Waals surface area contributed by atoms with Gasteiger partial charge in [0.15, 0.2) is 11.7 Å². The van der Waals surface area contributed by atoms with E-state index in [9.17, 15) is 14.4 Å². The molecule has 0 atom stereocenters. The Morgan fingerprint density at radius 3 is 2.63 bits per heavy atom. The van der Waals surface area contributed by atoms with Gasteiger partial charge >= 0.3 is 11.9 Å². The second-order valence-corrected chi connectivity index (χ2v) is 6.10. The minimum atomic E-state index is -0.539. The lowest BCUT2D eigenvalue weighted by Crippen LogP contribution is -2.21. The van der Waals surface area contributed by atoms with Gasteiger partial charge in [-0.05, 0) is 19.1 Å². The molecule has 0 saturated carbocycles. The van der Waals surface area contributed by atoms with Crippen molar-refractivity contribution in [3.05, 3.63) is 41.4 Å². The number of nitrogens with zero attached hydrogens (tertiary/aromatic N) is 1. The lowest BCUT2D eigenvalue weighted by Gasteiger charge is -2.06. The minimum absolute atomic E-state index is 0.0309. The predicted molar refractivity (Wildman–Crippen MR) is 98.6 cm³/mol. The van der Waals surface area contributed by atoms with Crippen LogP contribution in [0.1, 0.15) is 19.0 Å². The molecule has 1 heterocycles. The average Bonchev–Trinajstić information content (AvgIpc) is 3.07. The van der Waals surface area contributed by atoms with Crippen molar-refractivity contribution >= 4 is 34.3 Å². The van der Waals surface area contributed by atoms with E-state index in [-0.39, 0.29) is 25.4 Å². The van der Waals surface area contributed by atoms with Crippen LogP contribution in [0.15, 0.2) is 35.7 Å². The fraction of sp³-hybridized carbons (Fsp3) is 0.333. The van der Waals surface area contributed by atoms with E-state index >= 15 is 0 Å². The van der Waals surface area contributed by atoms with Gasteiger partial charge in [0, 0.05) is 5.38 Å². The molecule has 2 aromatic rings. The van der Waals surface area contributed by atoms with Crippen LogP contribution in [0.2, 0.25) is 0 Å². The average molecular weight is 392 g/mol. The van der Waals surface area contributed by atoms with Gasteiger partial charge in [-0.2, -0.15) is 0 Å². The standard InChI is InChI=1S/C18H20N2O6S/c1-2-24-17(23)10-13-12-27-18(19-13)20-15(21)11-26-16(22)8-9-25-14-6-4-3-5-7-14/h3-7,12H,2,8-11H2,1H3,(H,19,20,21). The first-order valence-electron chi connectivity index (χ1n) is 8.30. The van der Waals surface area contributed by atoms with E-state index in [0.29, 0.717) is 23.2 Å². The van der Waals surface area contributed by atoms with Crippen LogP contribution in [0.4, 0.5) is 5.13 Å². The maximum atomic E-state index is 11.8. The Morgan fingerprint density at radius 2 is 1.89 bits per heavy atom. The van der Waals surface area contributed by atoms with Crippen molar-refractivity contribution in [1.82, 2.24) is 4.98 Å². The van der Waals surface area contributed by atoms with Crippen molar-refractivity contribution in [1.29, 1.82) is 0 Å². The molecule has 27 heavy (non-hydrogen) atoms. The molecule has 0 aliphatic heterocycles. The summed E-state index contributed by atoms with van der Waals surface area (Å²) in [6.07, 6.45) is 0.0692. The zero-order valence-corrected chi connectivity index (χ0v) is 15.6. The highest BCUT2D eigenvalue weighted by molar-refractivity contribution is 7.13. The normalized spacial score (nSPS) is 10.1. The third kappa shape index (κ3) is 7.87. The summed E-state index contributed by atoms with van der Waals surface area (Å²) < 4.78 is 15.1. The highest BCUT2D eigenvalue weighted by Crippen LogP contribution is 2.16. The summed E-state index contributed by atoms with van der Waals surface area (Å²) >= 11 is 1.17. The summed E-state index contributed by atoms with van der Waals surface area (Å²) in [4.78, 5) is 38.9. The predicted octanol–water partition coefficient (Wildman–Crippen LogP) is 2.20. The number of nitrogens with one attached hydrogen (secondary N) is 1. The van der Waals surface area contributed by atoms with Crippen molar-refractivity contribution < 1.29 is 28.6 Å². The molecule has 0 radical (unpaired) electrons. The quantitative estimate of drug-likeness (QED) is 0.618. The van der Waals surface area contributed by atoms with Crippen LogP contribution in [-0.4, -0.2) is 42.7 Å². The van der Waals surface area contributed by atoms with Crippen LogP contribution < -0.4 is 10.1 Å². The summed E-state index contributed by atoms with van der Waals surface area (Å²) in [6.45, 7) is 1.76. The van der Waals surface area contributed by atoms with Gasteiger partial charge in [-0.25, -0.2) is 4.98 Å². The molecular formula is C18H20N2O6S. The van der Waals surface area contributed by atoms with Crippen molar-refractivity contribution in [2.45, 2.75) is 19.8 Å². The number of hydrogen-bond donors (Lipinski definition) is 1. The van der Waals surface area contributed by atoms with Gasteiger partial charge in [-0.3, -0.25) is 19.7 Å². The second-order valence-electron chi connectivity index (χ2n) is 5.25. The van der Waals surface area contributed by atoms with Crippen LogP contribution in [0.25, 0.3) is 0 Å². The van der Waals surface area contributed by atoms with E-state index in [1.165, 1.54) is 11.3 Å². The van der Waals surface area contributed by atoms with Crippen LogP contribution in [0.3, 0.4) is 0 Å². The topological polar surface area (TPSA) is 104 Å². The highest BCUT2D eigenvalue weighted by Gasteiger charge is 2.12. The Balaban J connectivity index is 1.64. The minimum Gasteiger partial charge on any atom is -0.493 e. The van der Waals surface area contributed by atoms with Gasteiger partial charge in [0.05, 0.1) is 31.7 Å². The number of rotatable bonds is 10. The van der Waals surface area contributed by atoms with Gasteiger partial charge in [-0.1, -0.05) is 18.2 Å². The molecule has 0 aliphatic carbocycles. The van der Waals surface area contributed by atoms with Crippen molar-refractivity contribution in [3.63, 3.8) is 0 Å². The first-order chi connectivity index (χ1) is 13.1. The summed E-state index contributed by atoms with van der Waals surface area (Å²) in [7, 11) is 0. The molecule has 8 nitrogen and oxygen atoms in total. The lowest BCUT2D eigenvalue weighted by molar-refractivity contribution is -0.147. The summed E-state index contributed by atoms with van der Waals surface area (Å²) in [5.41, 5.74) is 0.504. The zero-order chi connectivity index (χ0) is 19.5. The van der Waals surface area contributed by atoms with Gasteiger partial charge in [0.1, 0.15) is 5.75 Å². The van der Waals surface area contributed by atoms with Crippen LogP contribution in [0.5, 0.6) is 5.75 Å². The molecule has 1 amide bonds. The van der Waals surface area contributed by atoms with Crippen molar-refractivity contribution in [2.24, 2.45) is 0 Å². The number of carbonyl (C=O) groups excluding carboxylic acids is 3. The number of thiazole rings is 1. The van der Waals surface area contributed by atoms with Crippen LogP contribution in [-0.2, 0) is 30.3 Å². The molecule has 0 aliphatic rings. The highest BCUT2D eigenvalue weighted by atomic mass is 32.1. The SMILES string of the molecule is CCOC(=O)Cc1csc(NC(=O)COC(=O)CCOc2ccccc2)n1. The number of carbonyl (C=O) groups is 3. The fourth-order valence-corrected chi connectivity index (χ4v) is 2.67. The Labute approximate surface area is 160 Å². The molecule has 0 bridgehead atoms. The Morgan fingerprint density at radius 1 is 1.11 bits per heavy atom.